The Labute approximate surface area is 122 Å². The summed E-state index contributed by atoms with van der Waals surface area (Å²) < 4.78 is 0. The second kappa shape index (κ2) is 5.62. The van der Waals surface area contributed by atoms with Crippen LogP contribution >= 0.6 is 0 Å². The molecule has 0 aromatic carbocycles. The summed E-state index contributed by atoms with van der Waals surface area (Å²) in [6.45, 7) is 6.31. The number of piperazine rings is 1. The highest BCUT2D eigenvalue weighted by atomic mass is 16.2. The van der Waals surface area contributed by atoms with E-state index < -0.39 is 0 Å². The van der Waals surface area contributed by atoms with Crippen molar-refractivity contribution in [3.05, 3.63) is 0 Å². The first kappa shape index (κ1) is 14.3. The zero-order valence-electron chi connectivity index (χ0n) is 13.0. The van der Waals surface area contributed by atoms with Gasteiger partial charge in [0.15, 0.2) is 0 Å². The molecule has 2 aliphatic heterocycles. The van der Waals surface area contributed by atoms with Crippen LogP contribution in [-0.4, -0.2) is 85.0 Å². The molecule has 1 aliphatic carbocycles. The number of carbonyl (C=O) groups is 1. The van der Waals surface area contributed by atoms with Gasteiger partial charge in [-0.05, 0) is 26.2 Å². The normalized spacial score (nSPS) is 36.2. The Morgan fingerprint density at radius 1 is 1.20 bits per heavy atom. The van der Waals surface area contributed by atoms with Crippen molar-refractivity contribution in [1.29, 1.82) is 0 Å². The van der Waals surface area contributed by atoms with Gasteiger partial charge in [0, 0.05) is 58.4 Å². The third-order valence-electron chi connectivity index (χ3n) is 5.10. The number of rotatable bonds is 3. The number of hydrogen-bond donors (Lipinski definition) is 1. The van der Waals surface area contributed by atoms with Crippen molar-refractivity contribution in [2.75, 3.05) is 40.3 Å². The molecule has 1 amide bonds. The molecule has 0 bridgehead atoms. The number of carbonyl (C=O) groups excluding carboxylic acids is 1. The topological polar surface area (TPSA) is 38.8 Å². The van der Waals surface area contributed by atoms with Crippen molar-refractivity contribution in [3.63, 3.8) is 0 Å². The summed E-state index contributed by atoms with van der Waals surface area (Å²) in [6.07, 6.45) is 3.96. The standard InChI is InChI=1S/C15H28N4O/c1-11-8-13(10-19(11)12-4-5-12)18-7-6-16-9-14(18)15(20)17(2)3/h11-14,16H,4-10H2,1-3H3. The van der Waals surface area contributed by atoms with Gasteiger partial charge >= 0.3 is 0 Å². The van der Waals surface area contributed by atoms with Crippen molar-refractivity contribution in [2.45, 2.75) is 50.4 Å². The molecular weight excluding hydrogens is 252 g/mol. The van der Waals surface area contributed by atoms with Crippen molar-refractivity contribution in [2.24, 2.45) is 0 Å². The third-order valence-corrected chi connectivity index (χ3v) is 5.10. The van der Waals surface area contributed by atoms with E-state index in [-0.39, 0.29) is 11.9 Å². The van der Waals surface area contributed by atoms with Gasteiger partial charge < -0.3 is 10.2 Å². The second-order valence-corrected chi connectivity index (χ2v) is 6.86. The molecule has 0 spiro atoms. The van der Waals surface area contributed by atoms with Gasteiger partial charge in [-0.2, -0.15) is 0 Å². The predicted molar refractivity (Wildman–Crippen MR) is 79.7 cm³/mol. The van der Waals surface area contributed by atoms with Crippen molar-refractivity contribution >= 4 is 5.91 Å². The number of likely N-dealkylation sites (N-methyl/N-ethyl adjacent to an activating group) is 1. The lowest BCUT2D eigenvalue weighted by molar-refractivity contribution is -0.136. The lowest BCUT2D eigenvalue weighted by Crippen LogP contribution is -2.60. The number of hydrogen-bond acceptors (Lipinski definition) is 4. The first-order chi connectivity index (χ1) is 9.58. The largest absolute Gasteiger partial charge is 0.347 e. The summed E-state index contributed by atoms with van der Waals surface area (Å²) in [6, 6.07) is 2.09. The lowest BCUT2D eigenvalue weighted by atomic mass is 10.1. The van der Waals surface area contributed by atoms with Crippen LogP contribution in [0.15, 0.2) is 0 Å². The smallest absolute Gasteiger partial charge is 0.240 e. The molecule has 1 N–H and O–H groups in total. The average molecular weight is 280 g/mol. The van der Waals surface area contributed by atoms with Crippen LogP contribution in [0.2, 0.25) is 0 Å². The minimum Gasteiger partial charge on any atom is -0.347 e. The molecule has 3 fully saturated rings. The van der Waals surface area contributed by atoms with E-state index >= 15 is 0 Å². The van der Waals surface area contributed by atoms with Crippen LogP contribution in [0.4, 0.5) is 0 Å². The molecule has 114 valence electrons. The van der Waals surface area contributed by atoms with Gasteiger partial charge in [-0.3, -0.25) is 14.6 Å². The molecule has 3 aliphatic rings. The first-order valence-corrected chi connectivity index (χ1v) is 8.01. The molecule has 2 saturated heterocycles. The number of likely N-dealkylation sites (tertiary alicyclic amines) is 1. The maximum absolute atomic E-state index is 12.4. The molecule has 0 aromatic heterocycles. The molecular formula is C15H28N4O. The monoisotopic (exact) mass is 280 g/mol. The SMILES string of the molecule is CC1CC(N2CCNCC2C(=O)N(C)C)CN1C1CC1. The van der Waals surface area contributed by atoms with Gasteiger partial charge in [0.2, 0.25) is 5.91 Å². The average Bonchev–Trinajstić information content (AvgIpc) is 3.21. The fourth-order valence-corrected chi connectivity index (χ4v) is 3.87. The first-order valence-electron chi connectivity index (χ1n) is 8.01. The number of nitrogens with zero attached hydrogens (tertiary/aromatic N) is 3. The molecule has 5 nitrogen and oxygen atoms in total. The van der Waals surface area contributed by atoms with Gasteiger partial charge in [0.1, 0.15) is 6.04 Å². The van der Waals surface area contributed by atoms with E-state index in [9.17, 15) is 4.79 Å². The van der Waals surface area contributed by atoms with Gasteiger partial charge in [-0.25, -0.2) is 0 Å². The highest BCUT2D eigenvalue weighted by Crippen LogP contribution is 2.35. The predicted octanol–water partition coefficient (Wildman–Crippen LogP) is -0.0264. The Morgan fingerprint density at radius 3 is 2.60 bits per heavy atom. The van der Waals surface area contributed by atoms with Gasteiger partial charge in [0.05, 0.1) is 0 Å². The van der Waals surface area contributed by atoms with Crippen LogP contribution < -0.4 is 5.32 Å². The van der Waals surface area contributed by atoms with E-state index in [1.54, 1.807) is 4.90 Å². The van der Waals surface area contributed by atoms with Crippen LogP contribution in [0.5, 0.6) is 0 Å². The zero-order valence-corrected chi connectivity index (χ0v) is 13.0. The van der Waals surface area contributed by atoms with E-state index in [1.807, 2.05) is 14.1 Å². The number of amides is 1. The van der Waals surface area contributed by atoms with Gasteiger partial charge in [-0.1, -0.05) is 0 Å². The summed E-state index contributed by atoms with van der Waals surface area (Å²) in [5.41, 5.74) is 0. The van der Waals surface area contributed by atoms with E-state index in [2.05, 4.69) is 22.0 Å². The van der Waals surface area contributed by atoms with Crippen molar-refractivity contribution in [3.8, 4) is 0 Å². The quantitative estimate of drug-likeness (QED) is 0.788. The molecule has 1 saturated carbocycles. The second-order valence-electron chi connectivity index (χ2n) is 6.86. The molecule has 3 atom stereocenters. The molecule has 5 heteroatoms. The fourth-order valence-electron chi connectivity index (χ4n) is 3.87. The molecule has 0 aromatic rings. The highest BCUT2D eigenvalue weighted by Gasteiger charge is 2.43. The Bertz CT molecular complexity index is 369. The summed E-state index contributed by atoms with van der Waals surface area (Å²) in [5.74, 6) is 0.245. The Hall–Kier alpha value is -0.650. The van der Waals surface area contributed by atoms with Crippen LogP contribution in [0.3, 0.4) is 0 Å². The maximum Gasteiger partial charge on any atom is 0.240 e. The summed E-state index contributed by atoms with van der Waals surface area (Å²) in [4.78, 5) is 19.3. The molecule has 2 heterocycles. The van der Waals surface area contributed by atoms with E-state index in [0.29, 0.717) is 12.1 Å². The fraction of sp³-hybridized carbons (Fsp3) is 0.933. The molecule has 3 rings (SSSR count). The Morgan fingerprint density at radius 2 is 1.95 bits per heavy atom. The summed E-state index contributed by atoms with van der Waals surface area (Å²) >= 11 is 0. The van der Waals surface area contributed by atoms with E-state index in [4.69, 9.17) is 0 Å². The van der Waals surface area contributed by atoms with Crippen LogP contribution in [-0.2, 0) is 4.79 Å². The van der Waals surface area contributed by atoms with Crippen molar-refractivity contribution < 1.29 is 4.79 Å². The molecule has 0 radical (unpaired) electrons. The van der Waals surface area contributed by atoms with Crippen LogP contribution in [0.25, 0.3) is 0 Å². The Balaban J connectivity index is 1.68. The van der Waals surface area contributed by atoms with Gasteiger partial charge in [-0.15, -0.1) is 0 Å². The summed E-state index contributed by atoms with van der Waals surface area (Å²) in [5, 5.41) is 3.38. The molecule has 3 unspecified atom stereocenters. The maximum atomic E-state index is 12.4. The van der Waals surface area contributed by atoms with E-state index in [1.165, 1.54) is 19.3 Å². The number of nitrogens with one attached hydrogen (secondary N) is 1. The summed E-state index contributed by atoms with van der Waals surface area (Å²) in [7, 11) is 3.73. The zero-order chi connectivity index (χ0) is 14.3. The lowest BCUT2D eigenvalue weighted by Gasteiger charge is -2.40. The Kier molecular flexibility index (Phi) is 4.02. The van der Waals surface area contributed by atoms with Crippen LogP contribution in [0.1, 0.15) is 26.2 Å². The highest BCUT2D eigenvalue weighted by molar-refractivity contribution is 5.81. The minimum absolute atomic E-state index is 0.0232. The van der Waals surface area contributed by atoms with Gasteiger partial charge in [0.25, 0.3) is 0 Å². The van der Waals surface area contributed by atoms with E-state index in [0.717, 1.165) is 32.2 Å². The third kappa shape index (κ3) is 2.71. The minimum atomic E-state index is 0.0232. The molecule has 20 heavy (non-hydrogen) atoms. The van der Waals surface area contributed by atoms with Crippen LogP contribution in [0, 0.1) is 0 Å². The van der Waals surface area contributed by atoms with Crippen molar-refractivity contribution in [1.82, 2.24) is 20.0 Å².